The first-order valence-corrected chi connectivity index (χ1v) is 21.7. The summed E-state index contributed by atoms with van der Waals surface area (Å²) in [6, 6.07) is 15.0. The van der Waals surface area contributed by atoms with E-state index in [9.17, 15) is 14.4 Å². The molecule has 2 N–H and O–H groups in total. The molecule has 2 atom stereocenters. The van der Waals surface area contributed by atoms with Gasteiger partial charge in [-0.1, -0.05) is 6.58 Å². The number of thiophene rings is 1. The van der Waals surface area contributed by atoms with Crippen molar-refractivity contribution in [3.05, 3.63) is 78.0 Å². The Balaban J connectivity index is 1.32. The van der Waals surface area contributed by atoms with Crippen molar-refractivity contribution in [2.45, 2.75) is 43.6 Å². The Morgan fingerprint density at radius 3 is 2.76 bits per heavy atom. The van der Waals surface area contributed by atoms with Crippen LogP contribution in [0.2, 0.25) is 4.94 Å². The maximum absolute atomic E-state index is 14.0. The van der Waals surface area contributed by atoms with Crippen LogP contribution in [-0.4, -0.2) is 55.8 Å². The monoisotopic (exact) mass is 687 g/mol. The van der Waals surface area contributed by atoms with E-state index in [1.54, 1.807) is 6.20 Å². The Morgan fingerprint density at radius 1 is 1.19 bits per heavy atom. The summed E-state index contributed by atoms with van der Waals surface area (Å²) in [6.07, 6.45) is 5.76. The molecular formula is C31H29N5O4SSn. The fraction of sp³-hybridized carbons (Fsp3) is 0.226. The van der Waals surface area contributed by atoms with Crippen LogP contribution in [0.3, 0.4) is 0 Å². The van der Waals surface area contributed by atoms with Crippen molar-refractivity contribution < 1.29 is 19.1 Å². The Bertz CT molecular complexity index is 1790. The van der Waals surface area contributed by atoms with Gasteiger partial charge in [-0.25, -0.2) is 0 Å². The summed E-state index contributed by atoms with van der Waals surface area (Å²) in [7, 11) is 0. The van der Waals surface area contributed by atoms with Crippen LogP contribution in [0.25, 0.3) is 10.2 Å². The fourth-order valence-corrected chi connectivity index (χ4v) is 17.1. The topological polar surface area (TPSA) is 123 Å². The van der Waals surface area contributed by atoms with Gasteiger partial charge in [-0.2, -0.15) is 0 Å². The Hall–Kier alpha value is -3.90. The molecule has 3 aromatic heterocycles. The first-order valence-electron chi connectivity index (χ1n) is 13.8. The average Bonchev–Trinajstić information content (AvgIpc) is 3.35. The third-order valence-corrected chi connectivity index (χ3v) is 20.8. The number of anilines is 1. The number of aliphatic imine (C=N–C) groups is 1. The summed E-state index contributed by atoms with van der Waals surface area (Å²) in [6.45, 7) is 5.39. The Kier molecular flexibility index (Phi) is 7.67. The molecule has 0 spiro atoms. The van der Waals surface area contributed by atoms with Crippen molar-refractivity contribution in [1.29, 1.82) is 0 Å². The SMILES string of the molecule is C=CC(=O)N=C1CCC[C@H](NC(=O)c2sc3ncc[c]4c3c2N[C](=O)[Sn]4([CH3])[c]2ccc(Oc3ccccc3)nc2C)C1. The molecule has 4 aromatic rings. The van der Waals surface area contributed by atoms with Crippen LogP contribution in [0.1, 0.15) is 41.0 Å². The second-order valence-electron chi connectivity index (χ2n) is 10.6. The summed E-state index contributed by atoms with van der Waals surface area (Å²) >= 11 is -2.72. The third kappa shape index (κ3) is 5.13. The van der Waals surface area contributed by atoms with Crippen LogP contribution in [0, 0.1) is 6.92 Å². The quantitative estimate of drug-likeness (QED) is 0.219. The number of carbonyl (C=O) groups is 3. The second-order valence-corrected chi connectivity index (χ2v) is 22.4. The fourth-order valence-electron chi connectivity index (χ4n) is 5.80. The molecular weight excluding hydrogens is 657 g/mol. The van der Waals surface area contributed by atoms with E-state index in [2.05, 4.69) is 32.1 Å². The van der Waals surface area contributed by atoms with E-state index in [1.807, 2.05) is 55.5 Å². The molecule has 3 amide bonds. The van der Waals surface area contributed by atoms with Gasteiger partial charge >= 0.3 is 246 Å². The summed E-state index contributed by atoms with van der Waals surface area (Å²) in [5, 5.41) is 7.08. The van der Waals surface area contributed by atoms with E-state index in [0.29, 0.717) is 33.4 Å². The van der Waals surface area contributed by atoms with Gasteiger partial charge in [0.25, 0.3) is 0 Å². The average molecular weight is 686 g/mol. The van der Waals surface area contributed by atoms with Gasteiger partial charge in [-0.05, 0) is 0 Å². The Labute approximate surface area is 251 Å². The van der Waals surface area contributed by atoms with Crippen LogP contribution in [0.5, 0.6) is 11.6 Å². The number of amides is 3. The standard InChI is InChI=1S/C18H16N4O3S.C12H10NO.CH3.Sn/c1-2-14(24)21-11-5-3-6-12(9-11)22-17(25)16-15(20-10-23)13-7-4-8-19-18(13)26-16;1-10-6-5-9-12(13-10)14-11-7-3-2-4-8-11;;/h2,4,8,12H,1,3,5-6,9H2,(H,20,23)(H,22,25);2-5,7-9H,1H3;1H3;/t12-;;;/m0.../s1. The van der Waals surface area contributed by atoms with Crippen LogP contribution in [-0.2, 0) is 4.79 Å². The van der Waals surface area contributed by atoms with E-state index in [0.717, 1.165) is 43.2 Å². The normalized spacial score (nSPS) is 20.7. The van der Waals surface area contributed by atoms with Crippen molar-refractivity contribution in [3.8, 4) is 11.6 Å². The molecule has 2 aliphatic rings. The summed E-state index contributed by atoms with van der Waals surface area (Å²) in [4.78, 5) is 55.9. The summed E-state index contributed by atoms with van der Waals surface area (Å²) < 4.78 is 7.80. The molecule has 9 nitrogen and oxygen atoms in total. The number of para-hydroxylation sites is 1. The van der Waals surface area contributed by atoms with Crippen LogP contribution < -0.4 is 22.5 Å². The number of hydrogen-bond acceptors (Lipinski definition) is 7. The van der Waals surface area contributed by atoms with E-state index in [1.165, 1.54) is 17.4 Å². The number of aromatic nitrogens is 2. The number of nitrogens with zero attached hydrogens (tertiary/aromatic N) is 3. The van der Waals surface area contributed by atoms with Gasteiger partial charge in [0.1, 0.15) is 0 Å². The number of hydrogen-bond donors (Lipinski definition) is 2. The molecule has 0 saturated heterocycles. The predicted molar refractivity (Wildman–Crippen MR) is 167 cm³/mol. The number of nitrogens with one attached hydrogen (secondary N) is 2. The van der Waals surface area contributed by atoms with E-state index in [4.69, 9.17) is 9.72 Å². The summed E-state index contributed by atoms with van der Waals surface area (Å²) in [5.74, 6) is 0.521. The molecule has 42 heavy (non-hydrogen) atoms. The first-order chi connectivity index (χ1) is 20.3. The second kappa shape index (κ2) is 11.4. The number of carbonyl (C=O) groups excluding carboxylic acids is 3. The van der Waals surface area contributed by atoms with Crippen LogP contribution >= 0.6 is 11.3 Å². The van der Waals surface area contributed by atoms with Gasteiger partial charge in [0.2, 0.25) is 0 Å². The number of aryl methyl sites for hydroxylation is 1. The third-order valence-electron chi connectivity index (χ3n) is 7.87. The molecule has 0 bridgehead atoms. The Morgan fingerprint density at radius 2 is 2.00 bits per heavy atom. The molecule has 11 heteroatoms. The van der Waals surface area contributed by atoms with Crippen molar-refractivity contribution in [2.24, 2.45) is 4.99 Å². The molecule has 1 saturated carbocycles. The van der Waals surface area contributed by atoms with Gasteiger partial charge < -0.3 is 0 Å². The van der Waals surface area contributed by atoms with E-state index in [-0.39, 0.29) is 21.8 Å². The molecule has 1 aliphatic carbocycles. The molecule has 1 aliphatic heterocycles. The minimum absolute atomic E-state index is 0.0478. The number of ether oxygens (including phenoxy) is 1. The maximum atomic E-state index is 14.0. The molecule has 0 radical (unpaired) electrons. The summed E-state index contributed by atoms with van der Waals surface area (Å²) in [5.41, 5.74) is 2.04. The van der Waals surface area contributed by atoms with Crippen LogP contribution in [0.15, 0.2) is 72.4 Å². The van der Waals surface area contributed by atoms with E-state index < -0.39 is 18.4 Å². The zero-order valence-electron chi connectivity index (χ0n) is 23.3. The first kappa shape index (κ1) is 28.2. The molecule has 212 valence electrons. The van der Waals surface area contributed by atoms with Crippen LogP contribution in [0.4, 0.5) is 10.5 Å². The van der Waals surface area contributed by atoms with Gasteiger partial charge in [0.15, 0.2) is 0 Å². The molecule has 1 unspecified atom stereocenters. The van der Waals surface area contributed by atoms with E-state index >= 15 is 0 Å². The van der Waals surface area contributed by atoms with Crippen molar-refractivity contribution in [1.82, 2.24) is 15.3 Å². The zero-order valence-corrected chi connectivity index (χ0v) is 26.9. The zero-order chi connectivity index (χ0) is 29.4. The molecule has 6 rings (SSSR count). The van der Waals surface area contributed by atoms with Crippen molar-refractivity contribution in [2.75, 3.05) is 5.32 Å². The molecule has 1 aromatic carbocycles. The number of benzene rings is 1. The number of rotatable bonds is 6. The minimum atomic E-state index is -4.00. The number of pyridine rings is 2. The van der Waals surface area contributed by atoms with Crippen molar-refractivity contribution >= 4 is 74.2 Å². The predicted octanol–water partition coefficient (Wildman–Crippen LogP) is 4.94. The molecule has 1 fully saturated rings. The van der Waals surface area contributed by atoms with Gasteiger partial charge in [0.05, 0.1) is 0 Å². The molecule has 4 heterocycles. The van der Waals surface area contributed by atoms with Crippen molar-refractivity contribution in [3.63, 3.8) is 0 Å². The van der Waals surface area contributed by atoms with Gasteiger partial charge in [-0.15, -0.1) is 0 Å². The van der Waals surface area contributed by atoms with Gasteiger partial charge in [0, 0.05) is 0 Å². The van der Waals surface area contributed by atoms with Gasteiger partial charge in [-0.3, -0.25) is 0 Å².